The standard InChI is InChI=1S/C44H26N2O/c1-2-13-28(14-3-1)45-37-22-23-42-44(33-19-9-11-21-41(33)47-42)43(37)35-25-34-32-18-8-10-20-36(32)46(39(34)26-40(35)45)38-24-27-12-4-5-15-29(27)30-16-6-7-17-31(30)38/h1-26H. The van der Waals surface area contributed by atoms with Crippen LogP contribution in [0.2, 0.25) is 0 Å². The maximum atomic E-state index is 6.41. The molecule has 218 valence electrons. The fraction of sp³-hybridized carbons (Fsp3) is 0. The van der Waals surface area contributed by atoms with Crippen LogP contribution >= 0.6 is 0 Å². The van der Waals surface area contributed by atoms with Crippen LogP contribution in [-0.4, -0.2) is 9.13 Å². The van der Waals surface area contributed by atoms with Gasteiger partial charge in [0.05, 0.1) is 27.8 Å². The van der Waals surface area contributed by atoms with Gasteiger partial charge in [0.25, 0.3) is 0 Å². The number of benzene rings is 8. The van der Waals surface area contributed by atoms with Gasteiger partial charge in [0.2, 0.25) is 0 Å². The van der Waals surface area contributed by atoms with E-state index in [1.54, 1.807) is 0 Å². The Bertz CT molecular complexity index is 3070. The molecule has 0 aliphatic carbocycles. The molecule has 0 aliphatic heterocycles. The van der Waals surface area contributed by atoms with Crippen molar-refractivity contribution in [1.29, 1.82) is 0 Å². The summed E-state index contributed by atoms with van der Waals surface area (Å²) in [5.74, 6) is 0. The van der Waals surface area contributed by atoms with Crippen LogP contribution in [0.4, 0.5) is 0 Å². The first-order chi connectivity index (χ1) is 23.3. The molecule has 8 aromatic carbocycles. The molecule has 0 unspecified atom stereocenters. The number of nitrogens with zero attached hydrogens (tertiary/aromatic N) is 2. The first-order valence-electron chi connectivity index (χ1n) is 16.1. The average molecular weight is 599 g/mol. The van der Waals surface area contributed by atoms with Crippen molar-refractivity contribution in [2.24, 2.45) is 0 Å². The molecule has 0 bridgehead atoms. The Morgan fingerprint density at radius 2 is 1.02 bits per heavy atom. The zero-order chi connectivity index (χ0) is 30.6. The highest BCUT2D eigenvalue weighted by molar-refractivity contribution is 6.29. The summed E-state index contributed by atoms with van der Waals surface area (Å²) in [6.07, 6.45) is 0. The van der Waals surface area contributed by atoms with Gasteiger partial charge in [-0.1, -0.05) is 103 Å². The number of furan rings is 1. The highest BCUT2D eigenvalue weighted by Crippen LogP contribution is 2.45. The van der Waals surface area contributed by atoms with Crippen LogP contribution in [-0.2, 0) is 0 Å². The number of fused-ring (bicyclic) bond motifs is 13. The van der Waals surface area contributed by atoms with Crippen LogP contribution < -0.4 is 0 Å². The van der Waals surface area contributed by atoms with E-state index in [1.165, 1.54) is 76.2 Å². The molecule has 0 spiro atoms. The van der Waals surface area contributed by atoms with Crippen LogP contribution in [0.25, 0.3) is 98.5 Å². The molecule has 0 radical (unpaired) electrons. The molecule has 0 atom stereocenters. The molecule has 0 N–H and O–H groups in total. The van der Waals surface area contributed by atoms with Crippen LogP contribution in [0.3, 0.4) is 0 Å². The first-order valence-corrected chi connectivity index (χ1v) is 16.1. The molecule has 0 saturated carbocycles. The monoisotopic (exact) mass is 598 g/mol. The van der Waals surface area contributed by atoms with E-state index in [0.717, 1.165) is 22.2 Å². The van der Waals surface area contributed by atoms with Crippen molar-refractivity contribution in [3.05, 3.63) is 158 Å². The summed E-state index contributed by atoms with van der Waals surface area (Å²) in [5.41, 5.74) is 8.88. The Kier molecular flexibility index (Phi) is 4.84. The van der Waals surface area contributed by atoms with Crippen molar-refractivity contribution in [3.8, 4) is 11.4 Å². The topological polar surface area (TPSA) is 23.0 Å². The Labute approximate surface area is 269 Å². The van der Waals surface area contributed by atoms with Gasteiger partial charge in [-0.3, -0.25) is 0 Å². The molecular weight excluding hydrogens is 572 g/mol. The second kappa shape index (κ2) is 9.12. The van der Waals surface area contributed by atoms with Crippen molar-refractivity contribution in [1.82, 2.24) is 9.13 Å². The first kappa shape index (κ1) is 24.9. The number of hydrogen-bond acceptors (Lipinski definition) is 1. The molecule has 3 heterocycles. The summed E-state index contributed by atoms with van der Waals surface area (Å²) in [6, 6.07) is 57.1. The van der Waals surface area contributed by atoms with Gasteiger partial charge < -0.3 is 13.6 Å². The molecule has 3 heteroatoms. The van der Waals surface area contributed by atoms with Crippen molar-refractivity contribution >= 4 is 87.1 Å². The lowest BCUT2D eigenvalue weighted by atomic mass is 10.00. The summed E-state index contributed by atoms with van der Waals surface area (Å²) < 4.78 is 11.3. The summed E-state index contributed by atoms with van der Waals surface area (Å²) in [6.45, 7) is 0. The number of rotatable bonds is 2. The Balaban J connectivity index is 1.37. The van der Waals surface area contributed by atoms with Gasteiger partial charge in [-0.05, 0) is 70.8 Å². The van der Waals surface area contributed by atoms with Gasteiger partial charge in [-0.15, -0.1) is 0 Å². The van der Waals surface area contributed by atoms with Crippen molar-refractivity contribution < 1.29 is 4.42 Å². The largest absolute Gasteiger partial charge is 0.456 e. The summed E-state index contributed by atoms with van der Waals surface area (Å²) in [7, 11) is 0. The minimum Gasteiger partial charge on any atom is -0.456 e. The smallest absolute Gasteiger partial charge is 0.136 e. The Hall–Kier alpha value is -6.32. The Morgan fingerprint density at radius 1 is 0.340 bits per heavy atom. The van der Waals surface area contributed by atoms with Crippen LogP contribution in [0, 0.1) is 0 Å². The molecule has 11 rings (SSSR count). The van der Waals surface area contributed by atoms with Crippen LogP contribution in [0.5, 0.6) is 0 Å². The van der Waals surface area contributed by atoms with E-state index in [-0.39, 0.29) is 0 Å². The van der Waals surface area contributed by atoms with E-state index < -0.39 is 0 Å². The van der Waals surface area contributed by atoms with E-state index in [1.807, 2.05) is 6.07 Å². The van der Waals surface area contributed by atoms with Crippen molar-refractivity contribution in [2.75, 3.05) is 0 Å². The molecule has 47 heavy (non-hydrogen) atoms. The van der Waals surface area contributed by atoms with E-state index in [9.17, 15) is 0 Å². The van der Waals surface area contributed by atoms with E-state index in [0.29, 0.717) is 0 Å². The zero-order valence-electron chi connectivity index (χ0n) is 25.3. The number of aromatic nitrogens is 2. The number of hydrogen-bond donors (Lipinski definition) is 0. The average Bonchev–Trinajstić information content (AvgIpc) is 3.78. The zero-order valence-corrected chi connectivity index (χ0v) is 25.3. The second-order valence-corrected chi connectivity index (χ2v) is 12.5. The third-order valence-corrected chi connectivity index (χ3v) is 10.1. The van der Waals surface area contributed by atoms with E-state index >= 15 is 0 Å². The molecule has 0 fully saturated rings. The second-order valence-electron chi connectivity index (χ2n) is 12.5. The maximum absolute atomic E-state index is 6.41. The van der Waals surface area contributed by atoms with Gasteiger partial charge in [0.15, 0.2) is 0 Å². The predicted octanol–water partition coefficient (Wildman–Crippen LogP) is 12.1. The van der Waals surface area contributed by atoms with Crippen molar-refractivity contribution in [2.45, 2.75) is 0 Å². The maximum Gasteiger partial charge on any atom is 0.136 e. The summed E-state index contributed by atoms with van der Waals surface area (Å²) in [5, 5.41) is 12.3. The number of para-hydroxylation sites is 3. The lowest BCUT2D eigenvalue weighted by Gasteiger charge is -2.14. The fourth-order valence-corrected chi connectivity index (χ4v) is 8.12. The third-order valence-electron chi connectivity index (χ3n) is 10.1. The minimum absolute atomic E-state index is 0.913. The van der Waals surface area contributed by atoms with E-state index in [4.69, 9.17) is 4.42 Å². The molecule has 0 saturated heterocycles. The molecule has 3 aromatic heterocycles. The summed E-state index contributed by atoms with van der Waals surface area (Å²) >= 11 is 0. The lowest BCUT2D eigenvalue weighted by Crippen LogP contribution is -1.97. The molecule has 11 aromatic rings. The minimum atomic E-state index is 0.913. The third kappa shape index (κ3) is 3.30. The molecule has 3 nitrogen and oxygen atoms in total. The molecule has 0 aliphatic rings. The molecule has 0 amide bonds. The highest BCUT2D eigenvalue weighted by atomic mass is 16.3. The van der Waals surface area contributed by atoms with E-state index in [2.05, 4.69) is 161 Å². The van der Waals surface area contributed by atoms with Crippen molar-refractivity contribution in [3.63, 3.8) is 0 Å². The van der Waals surface area contributed by atoms with Crippen LogP contribution in [0.1, 0.15) is 0 Å². The predicted molar refractivity (Wildman–Crippen MR) is 197 cm³/mol. The lowest BCUT2D eigenvalue weighted by molar-refractivity contribution is 0.669. The van der Waals surface area contributed by atoms with Gasteiger partial charge in [-0.25, -0.2) is 0 Å². The SMILES string of the molecule is c1ccc(-n2c3cc4c(cc3c3c5c(ccc32)oc2ccccc25)c2ccccc2n4-c2cc3ccccc3c3ccccc23)cc1. The van der Waals surface area contributed by atoms with Crippen LogP contribution in [0.15, 0.2) is 162 Å². The Morgan fingerprint density at radius 3 is 1.89 bits per heavy atom. The van der Waals surface area contributed by atoms with Gasteiger partial charge in [-0.2, -0.15) is 0 Å². The summed E-state index contributed by atoms with van der Waals surface area (Å²) in [4.78, 5) is 0. The fourth-order valence-electron chi connectivity index (χ4n) is 8.12. The normalized spacial score (nSPS) is 12.3. The highest BCUT2D eigenvalue weighted by Gasteiger charge is 2.22. The molecular formula is C44H26N2O. The van der Waals surface area contributed by atoms with Gasteiger partial charge >= 0.3 is 0 Å². The quantitative estimate of drug-likeness (QED) is 0.182. The van der Waals surface area contributed by atoms with Gasteiger partial charge in [0, 0.05) is 43.4 Å². The van der Waals surface area contributed by atoms with Gasteiger partial charge in [0.1, 0.15) is 11.2 Å².